The molecule has 0 saturated heterocycles. The molecule has 4 rings (SSSR count). The summed E-state index contributed by atoms with van der Waals surface area (Å²) in [6.07, 6.45) is 0. The number of nitrogens with one attached hydrogen (secondary N) is 1. The van der Waals surface area contributed by atoms with Gasteiger partial charge in [-0.15, -0.1) is 21.5 Å². The lowest BCUT2D eigenvalue weighted by Gasteiger charge is -2.06. The SMILES string of the molecule is CCSc1nnc(NC(=O)c2ccccc2-c2nc3ccccc3s2)s1. The summed E-state index contributed by atoms with van der Waals surface area (Å²) in [4.78, 5) is 17.5. The van der Waals surface area contributed by atoms with E-state index in [4.69, 9.17) is 0 Å². The molecule has 0 atom stereocenters. The van der Waals surface area contributed by atoms with Gasteiger partial charge in [-0.25, -0.2) is 4.98 Å². The summed E-state index contributed by atoms with van der Waals surface area (Å²) in [7, 11) is 0. The van der Waals surface area contributed by atoms with Crippen LogP contribution in [0.3, 0.4) is 0 Å². The fourth-order valence-electron chi connectivity index (χ4n) is 2.46. The highest BCUT2D eigenvalue weighted by Crippen LogP contribution is 2.32. The van der Waals surface area contributed by atoms with E-state index in [1.165, 1.54) is 11.3 Å². The molecular formula is C18H14N4OS3. The zero-order valence-corrected chi connectivity index (χ0v) is 16.3. The standard InChI is InChI=1S/C18H14N4OS3/c1-2-24-18-22-21-17(26-18)20-15(23)11-7-3-4-8-12(11)16-19-13-9-5-6-10-14(13)25-16/h3-10H,2H2,1H3,(H,20,21,23). The van der Waals surface area contributed by atoms with Crippen LogP contribution in [-0.2, 0) is 0 Å². The Morgan fingerprint density at radius 2 is 1.88 bits per heavy atom. The molecule has 0 aliphatic carbocycles. The Morgan fingerprint density at radius 3 is 2.73 bits per heavy atom. The second-order valence-electron chi connectivity index (χ2n) is 5.29. The number of nitrogens with zero attached hydrogens (tertiary/aromatic N) is 3. The van der Waals surface area contributed by atoms with E-state index in [9.17, 15) is 4.79 Å². The Balaban J connectivity index is 1.65. The fraction of sp³-hybridized carbons (Fsp3) is 0.111. The van der Waals surface area contributed by atoms with Gasteiger partial charge in [0.05, 0.1) is 10.2 Å². The second-order valence-corrected chi connectivity index (χ2v) is 8.81. The maximum absolute atomic E-state index is 12.8. The van der Waals surface area contributed by atoms with Gasteiger partial charge in [0, 0.05) is 11.1 Å². The molecule has 0 spiro atoms. The molecule has 26 heavy (non-hydrogen) atoms. The monoisotopic (exact) mass is 398 g/mol. The second kappa shape index (κ2) is 7.53. The molecule has 0 bridgehead atoms. The number of thiazole rings is 1. The Labute approximate surface area is 162 Å². The number of carbonyl (C=O) groups is 1. The van der Waals surface area contributed by atoms with Crippen molar-refractivity contribution < 1.29 is 4.79 Å². The van der Waals surface area contributed by atoms with Crippen LogP contribution in [0.2, 0.25) is 0 Å². The largest absolute Gasteiger partial charge is 0.296 e. The topological polar surface area (TPSA) is 67.8 Å². The van der Waals surface area contributed by atoms with E-state index in [1.54, 1.807) is 29.2 Å². The van der Waals surface area contributed by atoms with E-state index >= 15 is 0 Å². The van der Waals surface area contributed by atoms with Gasteiger partial charge in [-0.1, -0.05) is 60.4 Å². The number of rotatable bonds is 5. The summed E-state index contributed by atoms with van der Waals surface area (Å²) in [6, 6.07) is 15.5. The number of para-hydroxylation sites is 1. The quantitative estimate of drug-likeness (QED) is 0.371. The number of hydrogen-bond acceptors (Lipinski definition) is 7. The molecule has 0 aliphatic heterocycles. The van der Waals surface area contributed by atoms with Crippen molar-refractivity contribution in [3.63, 3.8) is 0 Å². The van der Waals surface area contributed by atoms with Gasteiger partial charge in [-0.2, -0.15) is 0 Å². The Hall–Kier alpha value is -2.29. The van der Waals surface area contributed by atoms with Crippen LogP contribution in [-0.4, -0.2) is 26.8 Å². The minimum Gasteiger partial charge on any atom is -0.296 e. The van der Waals surface area contributed by atoms with Gasteiger partial charge in [0.25, 0.3) is 5.91 Å². The van der Waals surface area contributed by atoms with Gasteiger partial charge in [0.15, 0.2) is 4.34 Å². The van der Waals surface area contributed by atoms with Crippen molar-refractivity contribution in [2.75, 3.05) is 11.1 Å². The first-order chi connectivity index (χ1) is 12.7. The van der Waals surface area contributed by atoms with Crippen LogP contribution >= 0.6 is 34.4 Å². The van der Waals surface area contributed by atoms with Crippen LogP contribution in [0, 0.1) is 0 Å². The highest BCUT2D eigenvalue weighted by molar-refractivity contribution is 8.01. The molecule has 4 aromatic rings. The van der Waals surface area contributed by atoms with Gasteiger partial charge >= 0.3 is 0 Å². The van der Waals surface area contributed by atoms with Crippen LogP contribution in [0.5, 0.6) is 0 Å². The van der Waals surface area contributed by atoms with Crippen molar-refractivity contribution in [2.24, 2.45) is 0 Å². The number of fused-ring (bicyclic) bond motifs is 1. The number of thioether (sulfide) groups is 1. The Bertz CT molecular complexity index is 1040. The molecule has 5 nitrogen and oxygen atoms in total. The maximum atomic E-state index is 12.8. The molecule has 2 aromatic heterocycles. The molecule has 2 aromatic carbocycles. The van der Waals surface area contributed by atoms with Crippen molar-refractivity contribution in [3.8, 4) is 10.6 Å². The number of carbonyl (C=O) groups excluding carboxylic acids is 1. The minimum atomic E-state index is -0.205. The summed E-state index contributed by atoms with van der Waals surface area (Å²) >= 11 is 4.57. The molecule has 0 aliphatic rings. The highest BCUT2D eigenvalue weighted by atomic mass is 32.2. The third kappa shape index (κ3) is 3.48. The van der Waals surface area contributed by atoms with E-state index in [0.29, 0.717) is 10.7 Å². The summed E-state index contributed by atoms with van der Waals surface area (Å²) in [5.41, 5.74) is 2.33. The predicted octanol–water partition coefficient (Wildman–Crippen LogP) is 5.18. The van der Waals surface area contributed by atoms with Gasteiger partial charge < -0.3 is 0 Å². The van der Waals surface area contributed by atoms with Crippen molar-refractivity contribution in [2.45, 2.75) is 11.3 Å². The minimum absolute atomic E-state index is 0.205. The molecule has 0 unspecified atom stereocenters. The highest BCUT2D eigenvalue weighted by Gasteiger charge is 2.17. The number of amides is 1. The van der Waals surface area contributed by atoms with E-state index in [0.717, 1.165) is 30.9 Å². The van der Waals surface area contributed by atoms with Gasteiger partial charge in [-0.05, 0) is 24.0 Å². The van der Waals surface area contributed by atoms with E-state index in [1.807, 2.05) is 42.5 Å². The zero-order chi connectivity index (χ0) is 17.9. The van der Waals surface area contributed by atoms with Crippen molar-refractivity contribution in [1.82, 2.24) is 15.2 Å². The van der Waals surface area contributed by atoms with Crippen LogP contribution in [0.25, 0.3) is 20.8 Å². The van der Waals surface area contributed by atoms with E-state index in [-0.39, 0.29) is 5.91 Å². The third-order valence-electron chi connectivity index (χ3n) is 3.59. The van der Waals surface area contributed by atoms with Crippen molar-refractivity contribution >= 4 is 55.7 Å². The molecule has 130 valence electrons. The normalized spacial score (nSPS) is 11.0. The summed E-state index contributed by atoms with van der Waals surface area (Å²) in [5.74, 6) is 0.715. The van der Waals surface area contributed by atoms with Crippen LogP contribution < -0.4 is 5.32 Å². The van der Waals surface area contributed by atoms with Crippen molar-refractivity contribution in [3.05, 3.63) is 54.1 Å². The zero-order valence-electron chi connectivity index (χ0n) is 13.8. The van der Waals surface area contributed by atoms with E-state index < -0.39 is 0 Å². The van der Waals surface area contributed by atoms with Crippen molar-refractivity contribution in [1.29, 1.82) is 0 Å². The summed E-state index contributed by atoms with van der Waals surface area (Å²) in [5, 5.41) is 12.3. The van der Waals surface area contributed by atoms with Gasteiger partial charge in [0.2, 0.25) is 5.13 Å². The molecule has 0 saturated carbocycles. The van der Waals surface area contributed by atoms with E-state index in [2.05, 4.69) is 27.4 Å². The third-order valence-corrected chi connectivity index (χ3v) is 6.51. The number of benzene rings is 2. The lowest BCUT2D eigenvalue weighted by Crippen LogP contribution is -2.12. The smallest absolute Gasteiger partial charge is 0.258 e. The molecule has 8 heteroatoms. The lowest BCUT2D eigenvalue weighted by molar-refractivity contribution is 0.102. The lowest BCUT2D eigenvalue weighted by atomic mass is 10.1. The molecule has 1 N–H and O–H groups in total. The molecule has 1 amide bonds. The Kier molecular flexibility index (Phi) is 4.96. The fourth-order valence-corrected chi connectivity index (χ4v) is 5.11. The molecule has 0 radical (unpaired) electrons. The molecule has 0 fully saturated rings. The van der Waals surface area contributed by atoms with Crippen LogP contribution in [0.15, 0.2) is 52.9 Å². The number of anilines is 1. The number of hydrogen-bond donors (Lipinski definition) is 1. The predicted molar refractivity (Wildman–Crippen MR) is 109 cm³/mol. The first-order valence-electron chi connectivity index (χ1n) is 7.97. The molecular weight excluding hydrogens is 384 g/mol. The average Bonchev–Trinajstić information content (AvgIpc) is 3.28. The molecule has 2 heterocycles. The van der Waals surface area contributed by atoms with Gasteiger partial charge in [-0.3, -0.25) is 10.1 Å². The summed E-state index contributed by atoms with van der Waals surface area (Å²) < 4.78 is 1.95. The Morgan fingerprint density at radius 1 is 1.08 bits per heavy atom. The van der Waals surface area contributed by atoms with Crippen LogP contribution in [0.4, 0.5) is 5.13 Å². The van der Waals surface area contributed by atoms with Crippen LogP contribution in [0.1, 0.15) is 17.3 Å². The van der Waals surface area contributed by atoms with Gasteiger partial charge in [0.1, 0.15) is 5.01 Å². The summed E-state index contributed by atoms with van der Waals surface area (Å²) in [6.45, 7) is 2.05. The number of aromatic nitrogens is 3. The maximum Gasteiger partial charge on any atom is 0.258 e. The first-order valence-corrected chi connectivity index (χ1v) is 10.6. The average molecular weight is 399 g/mol. The first kappa shape index (κ1) is 17.1.